The number of benzene rings is 1. The van der Waals surface area contributed by atoms with Crippen molar-refractivity contribution in [2.45, 2.75) is 36.0 Å². The number of carbonyl (C=O) groups excluding carboxylic acids is 1. The van der Waals surface area contributed by atoms with Gasteiger partial charge in [0, 0.05) is 22.5 Å². The Hall–Kier alpha value is -1.14. The molecule has 0 bridgehead atoms. The van der Waals surface area contributed by atoms with Crippen molar-refractivity contribution < 1.29 is 13.6 Å². The molecule has 1 saturated carbocycles. The van der Waals surface area contributed by atoms with Crippen molar-refractivity contribution in [2.75, 3.05) is 5.32 Å². The minimum absolute atomic E-state index is 0.0369. The molecule has 1 fully saturated rings. The molecule has 0 saturated heterocycles. The number of nitrogens with one attached hydrogen (secondary N) is 1. The first kappa shape index (κ1) is 14.3. The molecule has 3 N–H and O–H groups in total. The van der Waals surface area contributed by atoms with Crippen molar-refractivity contribution in [1.29, 1.82) is 0 Å². The van der Waals surface area contributed by atoms with Gasteiger partial charge < -0.3 is 11.1 Å². The van der Waals surface area contributed by atoms with Crippen LogP contribution >= 0.6 is 11.8 Å². The normalized spacial score (nSPS) is 22.7. The summed E-state index contributed by atoms with van der Waals surface area (Å²) in [6, 6.07) is 6.54. The maximum atomic E-state index is 12.2. The topological polar surface area (TPSA) is 55.1 Å². The second kappa shape index (κ2) is 6.34. The third-order valence-electron chi connectivity index (χ3n) is 3.19. The predicted octanol–water partition coefficient (Wildman–Crippen LogP) is 3.07. The molecular formula is C13H16F2N2OS. The van der Waals surface area contributed by atoms with E-state index >= 15 is 0 Å². The average Bonchev–Trinajstić information content (AvgIpc) is 2.78. The smallest absolute Gasteiger partial charge is 0.288 e. The van der Waals surface area contributed by atoms with E-state index in [9.17, 15) is 13.6 Å². The fourth-order valence-electron chi connectivity index (χ4n) is 2.22. The van der Waals surface area contributed by atoms with E-state index in [2.05, 4.69) is 5.32 Å². The first-order valence-corrected chi connectivity index (χ1v) is 7.04. The molecule has 104 valence electrons. The maximum Gasteiger partial charge on any atom is 0.288 e. The van der Waals surface area contributed by atoms with Crippen LogP contribution in [0, 0.1) is 5.92 Å². The number of anilines is 1. The summed E-state index contributed by atoms with van der Waals surface area (Å²) in [6.07, 6.45) is 2.40. The zero-order valence-corrected chi connectivity index (χ0v) is 11.1. The molecule has 6 heteroatoms. The monoisotopic (exact) mass is 286 g/mol. The van der Waals surface area contributed by atoms with Gasteiger partial charge in [0.1, 0.15) is 0 Å². The molecule has 0 aromatic heterocycles. The van der Waals surface area contributed by atoms with Crippen molar-refractivity contribution in [1.82, 2.24) is 0 Å². The molecule has 1 aliphatic rings. The van der Waals surface area contributed by atoms with Crippen molar-refractivity contribution in [3.8, 4) is 0 Å². The fourth-order valence-corrected chi connectivity index (χ4v) is 2.72. The molecule has 2 unspecified atom stereocenters. The van der Waals surface area contributed by atoms with E-state index in [0.717, 1.165) is 12.8 Å². The highest BCUT2D eigenvalue weighted by molar-refractivity contribution is 7.99. The van der Waals surface area contributed by atoms with Crippen LogP contribution in [0.3, 0.4) is 0 Å². The number of alkyl halides is 2. The number of hydrogen-bond acceptors (Lipinski definition) is 3. The Morgan fingerprint density at radius 2 is 2.00 bits per heavy atom. The Labute approximate surface area is 114 Å². The highest BCUT2D eigenvalue weighted by atomic mass is 32.2. The van der Waals surface area contributed by atoms with Crippen LogP contribution in [-0.4, -0.2) is 17.7 Å². The molecule has 0 spiro atoms. The minimum atomic E-state index is -2.43. The quantitative estimate of drug-likeness (QED) is 0.836. The molecule has 1 aromatic rings. The van der Waals surface area contributed by atoms with Crippen LogP contribution in [0.4, 0.5) is 14.5 Å². The molecule has 19 heavy (non-hydrogen) atoms. The molecular weight excluding hydrogens is 270 g/mol. The molecule has 0 radical (unpaired) electrons. The second-order valence-electron chi connectivity index (χ2n) is 4.66. The largest absolute Gasteiger partial charge is 0.328 e. The first-order chi connectivity index (χ1) is 9.04. The third-order valence-corrected chi connectivity index (χ3v) is 3.91. The van der Waals surface area contributed by atoms with Crippen LogP contribution in [-0.2, 0) is 4.79 Å². The van der Waals surface area contributed by atoms with Gasteiger partial charge in [-0.1, -0.05) is 11.8 Å². The Kier molecular flexibility index (Phi) is 4.76. The number of nitrogens with two attached hydrogens (primary N) is 1. The number of thioether (sulfide) groups is 1. The van der Waals surface area contributed by atoms with E-state index < -0.39 is 5.76 Å². The summed E-state index contributed by atoms with van der Waals surface area (Å²) in [5.74, 6) is -2.51. The lowest BCUT2D eigenvalue weighted by Crippen LogP contribution is -2.23. The summed E-state index contributed by atoms with van der Waals surface area (Å²) in [6.45, 7) is 0. The van der Waals surface area contributed by atoms with Crippen LogP contribution in [0.25, 0.3) is 0 Å². The van der Waals surface area contributed by atoms with E-state index in [1.165, 1.54) is 0 Å². The molecule has 1 aliphatic carbocycles. The van der Waals surface area contributed by atoms with Gasteiger partial charge in [0.05, 0.1) is 0 Å². The van der Waals surface area contributed by atoms with Crippen LogP contribution in [0.15, 0.2) is 29.2 Å². The number of rotatable bonds is 4. The van der Waals surface area contributed by atoms with Gasteiger partial charge >= 0.3 is 0 Å². The van der Waals surface area contributed by atoms with Crippen molar-refractivity contribution >= 4 is 23.4 Å². The summed E-state index contributed by atoms with van der Waals surface area (Å²) >= 11 is 0.489. The maximum absolute atomic E-state index is 12.2. The SMILES string of the molecule is NC1CCC(C(=O)Nc2ccc(SC(F)F)cc2)C1. The summed E-state index contributed by atoms with van der Waals surface area (Å²) < 4.78 is 24.3. The van der Waals surface area contributed by atoms with Crippen LogP contribution in [0.2, 0.25) is 0 Å². The number of carbonyl (C=O) groups is 1. The Morgan fingerprint density at radius 1 is 1.32 bits per heavy atom. The zero-order chi connectivity index (χ0) is 13.8. The van der Waals surface area contributed by atoms with Gasteiger partial charge in [0.15, 0.2) is 0 Å². The lowest BCUT2D eigenvalue weighted by molar-refractivity contribution is -0.119. The van der Waals surface area contributed by atoms with Crippen molar-refractivity contribution in [3.05, 3.63) is 24.3 Å². The van der Waals surface area contributed by atoms with E-state index in [0.29, 0.717) is 28.8 Å². The van der Waals surface area contributed by atoms with Crippen LogP contribution < -0.4 is 11.1 Å². The molecule has 1 aromatic carbocycles. The predicted molar refractivity (Wildman–Crippen MR) is 72.2 cm³/mol. The Bertz CT molecular complexity index is 439. The van der Waals surface area contributed by atoms with E-state index in [4.69, 9.17) is 5.73 Å². The van der Waals surface area contributed by atoms with E-state index in [1.807, 2.05) is 0 Å². The fraction of sp³-hybridized carbons (Fsp3) is 0.462. The number of hydrogen-bond donors (Lipinski definition) is 2. The van der Waals surface area contributed by atoms with Gasteiger partial charge in [-0.25, -0.2) is 0 Å². The number of amides is 1. The van der Waals surface area contributed by atoms with Gasteiger partial charge in [-0.3, -0.25) is 4.79 Å². The van der Waals surface area contributed by atoms with Crippen molar-refractivity contribution in [2.24, 2.45) is 11.7 Å². The highest BCUT2D eigenvalue weighted by Crippen LogP contribution is 2.28. The lowest BCUT2D eigenvalue weighted by Gasteiger charge is -2.11. The molecule has 3 nitrogen and oxygen atoms in total. The van der Waals surface area contributed by atoms with Gasteiger partial charge in [0.25, 0.3) is 5.76 Å². The van der Waals surface area contributed by atoms with Crippen molar-refractivity contribution in [3.63, 3.8) is 0 Å². The molecule has 2 rings (SSSR count). The van der Waals surface area contributed by atoms with Crippen LogP contribution in [0.1, 0.15) is 19.3 Å². The number of halogens is 2. The zero-order valence-electron chi connectivity index (χ0n) is 10.3. The Morgan fingerprint density at radius 3 is 2.53 bits per heavy atom. The van der Waals surface area contributed by atoms with Gasteiger partial charge in [-0.15, -0.1) is 0 Å². The molecule has 0 heterocycles. The minimum Gasteiger partial charge on any atom is -0.328 e. The van der Waals surface area contributed by atoms with E-state index in [-0.39, 0.29) is 17.9 Å². The molecule has 0 aliphatic heterocycles. The average molecular weight is 286 g/mol. The summed E-state index contributed by atoms with van der Waals surface area (Å²) in [5.41, 5.74) is 6.40. The molecule has 2 atom stereocenters. The third kappa shape index (κ3) is 4.18. The highest BCUT2D eigenvalue weighted by Gasteiger charge is 2.27. The van der Waals surface area contributed by atoms with Gasteiger partial charge in [-0.2, -0.15) is 8.78 Å². The summed E-state index contributed by atoms with van der Waals surface area (Å²) in [5, 5.41) is 2.79. The lowest BCUT2D eigenvalue weighted by atomic mass is 10.1. The van der Waals surface area contributed by atoms with Gasteiger partial charge in [0.2, 0.25) is 5.91 Å². The molecule has 1 amide bonds. The summed E-state index contributed by atoms with van der Waals surface area (Å²) in [4.78, 5) is 12.4. The summed E-state index contributed by atoms with van der Waals surface area (Å²) in [7, 11) is 0. The first-order valence-electron chi connectivity index (χ1n) is 6.16. The van der Waals surface area contributed by atoms with Gasteiger partial charge in [-0.05, 0) is 43.5 Å². The second-order valence-corrected chi connectivity index (χ2v) is 5.73. The van der Waals surface area contributed by atoms with Crippen LogP contribution in [0.5, 0.6) is 0 Å². The Balaban J connectivity index is 1.90. The van der Waals surface area contributed by atoms with E-state index in [1.54, 1.807) is 24.3 Å². The standard InChI is InChI=1S/C13H16F2N2OS/c14-13(15)19-11-5-3-10(4-6-11)17-12(18)8-1-2-9(16)7-8/h3-6,8-9,13H,1-2,7,16H2,(H,17,18).